The maximum absolute atomic E-state index is 15.0. The number of halogens is 3. The van der Waals surface area contributed by atoms with Crippen LogP contribution in [0.15, 0.2) is 24.3 Å². The summed E-state index contributed by atoms with van der Waals surface area (Å²) in [6.07, 6.45) is 0.683. The van der Waals surface area contributed by atoms with Crippen LogP contribution in [0.25, 0.3) is 21.8 Å². The molecule has 148 valence electrons. The molecular formula is C21H22F3N3O. The Bertz CT molecular complexity index is 1020. The summed E-state index contributed by atoms with van der Waals surface area (Å²) >= 11 is 0. The van der Waals surface area contributed by atoms with E-state index in [-0.39, 0.29) is 10.9 Å². The molecule has 0 spiro atoms. The average Bonchev–Trinajstić information content (AvgIpc) is 2.72. The van der Waals surface area contributed by atoms with Gasteiger partial charge in [0, 0.05) is 30.4 Å². The second-order valence-electron chi connectivity index (χ2n) is 7.03. The van der Waals surface area contributed by atoms with Crippen LogP contribution in [0.5, 0.6) is 0 Å². The smallest absolute Gasteiger partial charge is 0.185 e. The first kappa shape index (κ1) is 19.0. The summed E-state index contributed by atoms with van der Waals surface area (Å²) in [5.41, 5.74) is 0.436. The lowest BCUT2D eigenvalue weighted by atomic mass is 10.0. The highest BCUT2D eigenvalue weighted by Crippen LogP contribution is 2.34. The van der Waals surface area contributed by atoms with Crippen molar-refractivity contribution in [2.24, 2.45) is 0 Å². The minimum Gasteiger partial charge on any atom is -0.380 e. The number of benzene rings is 2. The number of hydrogen-bond acceptors (Lipinski definition) is 4. The summed E-state index contributed by atoms with van der Waals surface area (Å²) in [6.45, 7) is 5.88. The molecule has 4 nitrogen and oxygen atoms in total. The molecule has 0 radical (unpaired) electrons. The summed E-state index contributed by atoms with van der Waals surface area (Å²) in [5.74, 6) is -3.12. The molecule has 1 aromatic heterocycles. The number of fused-ring (bicyclic) bond motifs is 2. The van der Waals surface area contributed by atoms with Gasteiger partial charge in [-0.1, -0.05) is 18.2 Å². The molecule has 1 aliphatic heterocycles. The van der Waals surface area contributed by atoms with Crippen molar-refractivity contribution in [3.8, 4) is 0 Å². The fourth-order valence-corrected chi connectivity index (χ4v) is 3.73. The Labute approximate surface area is 161 Å². The van der Waals surface area contributed by atoms with Crippen LogP contribution in [-0.2, 0) is 4.74 Å². The number of aromatic nitrogens is 1. The number of nitrogens with zero attached hydrogens (tertiary/aromatic N) is 2. The molecule has 1 fully saturated rings. The highest BCUT2D eigenvalue weighted by molar-refractivity contribution is 5.99. The van der Waals surface area contributed by atoms with E-state index >= 15 is 4.39 Å². The maximum atomic E-state index is 15.0. The molecule has 0 saturated carbocycles. The van der Waals surface area contributed by atoms with Crippen molar-refractivity contribution in [1.82, 2.24) is 9.88 Å². The van der Waals surface area contributed by atoms with Gasteiger partial charge in [0.25, 0.3) is 0 Å². The van der Waals surface area contributed by atoms with Crippen molar-refractivity contribution in [1.29, 1.82) is 0 Å². The van der Waals surface area contributed by atoms with E-state index in [1.54, 1.807) is 31.2 Å². The normalized spacial score (nSPS) is 15.4. The van der Waals surface area contributed by atoms with Crippen LogP contribution in [0.4, 0.5) is 18.9 Å². The van der Waals surface area contributed by atoms with Gasteiger partial charge in [-0.15, -0.1) is 0 Å². The number of aryl methyl sites for hydroxylation is 1. The number of ether oxygens (including phenoxy) is 1. The van der Waals surface area contributed by atoms with Crippen molar-refractivity contribution in [2.75, 3.05) is 44.7 Å². The van der Waals surface area contributed by atoms with Crippen LogP contribution in [0.1, 0.15) is 12.0 Å². The molecule has 7 heteroatoms. The molecular weight excluding hydrogens is 367 g/mol. The zero-order chi connectivity index (χ0) is 19.7. The largest absolute Gasteiger partial charge is 0.380 e. The summed E-state index contributed by atoms with van der Waals surface area (Å²) in [6, 6.07) is 7.07. The fraction of sp³-hybridized carbons (Fsp3) is 0.381. The minimum atomic E-state index is -1.20. The van der Waals surface area contributed by atoms with Crippen molar-refractivity contribution in [3.05, 3.63) is 47.3 Å². The van der Waals surface area contributed by atoms with Crippen LogP contribution < -0.4 is 5.32 Å². The van der Waals surface area contributed by atoms with Crippen molar-refractivity contribution in [2.45, 2.75) is 13.3 Å². The number of pyridine rings is 1. The molecule has 4 rings (SSSR count). The standard InChI is InChI=1S/C21H22F3N3O/c1-13-14-5-2-3-6-15(14)26-20-16(13)17(22)18(23)21(19(20)24)25-7-4-8-27-9-11-28-12-10-27/h2-3,5-6,25H,4,7-12H2,1H3. The molecule has 0 atom stereocenters. The van der Waals surface area contributed by atoms with Gasteiger partial charge in [0.05, 0.1) is 18.7 Å². The van der Waals surface area contributed by atoms with Gasteiger partial charge in [-0.25, -0.2) is 18.2 Å². The quantitative estimate of drug-likeness (QED) is 0.402. The molecule has 0 amide bonds. The third-order valence-corrected chi connectivity index (χ3v) is 5.27. The van der Waals surface area contributed by atoms with Gasteiger partial charge in [-0.05, 0) is 31.5 Å². The van der Waals surface area contributed by atoms with E-state index in [9.17, 15) is 8.78 Å². The van der Waals surface area contributed by atoms with E-state index in [0.29, 0.717) is 42.6 Å². The Morgan fingerprint density at radius 1 is 1.07 bits per heavy atom. The predicted molar refractivity (Wildman–Crippen MR) is 104 cm³/mol. The molecule has 2 heterocycles. The zero-order valence-corrected chi connectivity index (χ0v) is 15.7. The zero-order valence-electron chi connectivity index (χ0n) is 15.7. The second kappa shape index (κ2) is 7.93. The number of anilines is 1. The van der Waals surface area contributed by atoms with Gasteiger partial charge in [0.15, 0.2) is 17.5 Å². The van der Waals surface area contributed by atoms with Gasteiger partial charge in [0.1, 0.15) is 11.2 Å². The topological polar surface area (TPSA) is 37.4 Å². The molecule has 1 aliphatic rings. The number of rotatable bonds is 5. The molecule has 3 aromatic rings. The first-order valence-electron chi connectivity index (χ1n) is 9.47. The molecule has 0 unspecified atom stereocenters. The van der Waals surface area contributed by atoms with E-state index < -0.39 is 23.1 Å². The molecule has 0 aliphatic carbocycles. The SMILES string of the molecule is Cc1c2ccccc2nc2c(F)c(NCCCN3CCOCC3)c(F)c(F)c12. The van der Waals surface area contributed by atoms with E-state index in [0.717, 1.165) is 19.6 Å². The maximum Gasteiger partial charge on any atom is 0.185 e. The van der Waals surface area contributed by atoms with E-state index in [1.165, 1.54) is 0 Å². The van der Waals surface area contributed by atoms with Crippen LogP contribution in [0.3, 0.4) is 0 Å². The fourth-order valence-electron chi connectivity index (χ4n) is 3.73. The van der Waals surface area contributed by atoms with E-state index in [1.807, 2.05) is 0 Å². The van der Waals surface area contributed by atoms with Gasteiger partial charge < -0.3 is 10.1 Å². The predicted octanol–water partition coefficient (Wildman–Crippen LogP) is 4.25. The van der Waals surface area contributed by atoms with Crippen LogP contribution in [-0.4, -0.2) is 49.3 Å². The van der Waals surface area contributed by atoms with Crippen molar-refractivity contribution < 1.29 is 17.9 Å². The highest BCUT2D eigenvalue weighted by Gasteiger charge is 2.23. The molecule has 1 saturated heterocycles. The highest BCUT2D eigenvalue weighted by atomic mass is 19.2. The average molecular weight is 389 g/mol. The van der Waals surface area contributed by atoms with Crippen LogP contribution >= 0.6 is 0 Å². The summed E-state index contributed by atoms with van der Waals surface area (Å²) in [7, 11) is 0. The number of hydrogen-bond donors (Lipinski definition) is 1. The number of para-hydroxylation sites is 1. The van der Waals surface area contributed by atoms with Crippen molar-refractivity contribution in [3.63, 3.8) is 0 Å². The van der Waals surface area contributed by atoms with E-state index in [2.05, 4.69) is 15.2 Å². The summed E-state index contributed by atoms with van der Waals surface area (Å²) in [5, 5.41) is 3.31. The number of nitrogens with one attached hydrogen (secondary N) is 1. The molecule has 28 heavy (non-hydrogen) atoms. The Kier molecular flexibility index (Phi) is 5.37. The first-order valence-corrected chi connectivity index (χ1v) is 9.47. The third kappa shape index (κ3) is 3.40. The van der Waals surface area contributed by atoms with Gasteiger partial charge >= 0.3 is 0 Å². The summed E-state index contributed by atoms with van der Waals surface area (Å²) in [4.78, 5) is 6.49. The lowest BCUT2D eigenvalue weighted by Gasteiger charge is -2.26. The number of morpholine rings is 1. The first-order chi connectivity index (χ1) is 13.6. The molecule has 1 N–H and O–H groups in total. The Hall–Kier alpha value is -2.38. The minimum absolute atomic E-state index is 0.104. The van der Waals surface area contributed by atoms with Crippen molar-refractivity contribution >= 4 is 27.5 Å². The van der Waals surface area contributed by atoms with E-state index in [4.69, 9.17) is 4.74 Å². The summed E-state index contributed by atoms with van der Waals surface area (Å²) < 4.78 is 49.7. The van der Waals surface area contributed by atoms with Gasteiger partial charge in [-0.2, -0.15) is 0 Å². The van der Waals surface area contributed by atoms with Gasteiger partial charge in [-0.3, -0.25) is 4.90 Å². The van der Waals surface area contributed by atoms with Crippen LogP contribution in [0.2, 0.25) is 0 Å². The monoisotopic (exact) mass is 389 g/mol. The molecule has 0 bridgehead atoms. The lowest BCUT2D eigenvalue weighted by Crippen LogP contribution is -2.37. The Morgan fingerprint density at radius 3 is 2.61 bits per heavy atom. The van der Waals surface area contributed by atoms with Gasteiger partial charge in [0.2, 0.25) is 0 Å². The molecule has 2 aromatic carbocycles. The third-order valence-electron chi connectivity index (χ3n) is 5.27. The van der Waals surface area contributed by atoms with Crippen LogP contribution in [0, 0.1) is 24.4 Å². The Morgan fingerprint density at radius 2 is 1.82 bits per heavy atom. The second-order valence-corrected chi connectivity index (χ2v) is 7.03. The Balaban J connectivity index is 1.62. The lowest BCUT2D eigenvalue weighted by molar-refractivity contribution is 0.0378.